The molecular weight excluding hydrogens is 328 g/mol. The lowest BCUT2D eigenvalue weighted by molar-refractivity contribution is -0.136. The van der Waals surface area contributed by atoms with Gasteiger partial charge in [0.05, 0.1) is 0 Å². The van der Waals surface area contributed by atoms with Gasteiger partial charge < -0.3 is 24.0 Å². The quantitative estimate of drug-likeness (QED) is 0.872. The molecule has 9 heteroatoms. The predicted octanol–water partition coefficient (Wildman–Crippen LogP) is 1.54. The van der Waals surface area contributed by atoms with Crippen LogP contribution in [-0.2, 0) is 9.59 Å². The monoisotopic (exact) mass is 348 g/mol. The molecule has 0 radical (unpaired) electrons. The van der Waals surface area contributed by atoms with Crippen molar-refractivity contribution in [3.8, 4) is 5.88 Å². The topological polar surface area (TPSA) is 111 Å². The molecule has 0 aliphatic carbocycles. The number of nitrogens with zero attached hydrogens (tertiary/aromatic N) is 3. The average molecular weight is 348 g/mol. The molecule has 0 unspecified atom stereocenters. The van der Waals surface area contributed by atoms with E-state index in [1.165, 1.54) is 0 Å². The highest BCUT2D eigenvalue weighted by atomic mass is 16.5. The summed E-state index contributed by atoms with van der Waals surface area (Å²) in [7, 11) is 0. The number of nitrogens with one attached hydrogen (secondary N) is 1. The smallest absolute Gasteiger partial charge is 0.260 e. The van der Waals surface area contributed by atoms with Gasteiger partial charge in [0.1, 0.15) is 11.5 Å². The lowest BCUT2D eigenvalue weighted by Gasteiger charge is -2.31. The molecule has 1 aliphatic heterocycles. The molecule has 2 aromatic rings. The second kappa shape index (κ2) is 7.37. The third kappa shape index (κ3) is 4.37. The van der Waals surface area contributed by atoms with Crippen LogP contribution in [0.25, 0.3) is 0 Å². The van der Waals surface area contributed by atoms with Crippen LogP contribution in [0.15, 0.2) is 21.2 Å². The van der Waals surface area contributed by atoms with E-state index in [0.717, 1.165) is 0 Å². The number of aryl methyl sites for hydroxylation is 2. The molecule has 0 saturated carbocycles. The summed E-state index contributed by atoms with van der Waals surface area (Å²) in [5.41, 5.74) is 0. The van der Waals surface area contributed by atoms with Crippen LogP contribution in [0, 0.1) is 19.8 Å². The number of rotatable bonds is 5. The molecule has 2 amide bonds. The van der Waals surface area contributed by atoms with E-state index < -0.39 is 0 Å². The van der Waals surface area contributed by atoms with Crippen molar-refractivity contribution in [2.75, 3.05) is 25.0 Å². The Bertz CT molecular complexity index is 745. The fourth-order valence-corrected chi connectivity index (χ4v) is 2.68. The van der Waals surface area contributed by atoms with Crippen molar-refractivity contribution < 1.29 is 23.4 Å². The summed E-state index contributed by atoms with van der Waals surface area (Å²) in [6, 6.07) is 3.29. The van der Waals surface area contributed by atoms with Gasteiger partial charge in [0.2, 0.25) is 5.91 Å². The van der Waals surface area contributed by atoms with E-state index in [0.29, 0.717) is 49.1 Å². The second-order valence-electron chi connectivity index (χ2n) is 6.03. The van der Waals surface area contributed by atoms with Crippen molar-refractivity contribution in [2.45, 2.75) is 26.7 Å². The highest BCUT2D eigenvalue weighted by molar-refractivity contribution is 5.91. The van der Waals surface area contributed by atoms with Crippen LogP contribution in [0.4, 0.5) is 5.82 Å². The molecule has 3 heterocycles. The summed E-state index contributed by atoms with van der Waals surface area (Å²) in [5.74, 6) is 1.58. The minimum atomic E-state index is -0.153. The molecule has 134 valence electrons. The molecule has 9 nitrogen and oxygen atoms in total. The summed E-state index contributed by atoms with van der Waals surface area (Å²) in [5, 5.41) is 10.2. The number of carbonyl (C=O) groups is 2. The van der Waals surface area contributed by atoms with Crippen molar-refractivity contribution in [3.63, 3.8) is 0 Å². The van der Waals surface area contributed by atoms with Gasteiger partial charge in [-0.15, -0.1) is 0 Å². The van der Waals surface area contributed by atoms with Crippen LogP contribution in [-0.4, -0.2) is 46.7 Å². The summed E-state index contributed by atoms with van der Waals surface area (Å²) < 4.78 is 15.1. The largest absolute Gasteiger partial charge is 0.465 e. The third-order valence-corrected chi connectivity index (χ3v) is 4.05. The van der Waals surface area contributed by atoms with Gasteiger partial charge in [0.25, 0.3) is 11.8 Å². The maximum absolute atomic E-state index is 12.2. The number of amides is 2. The molecule has 1 N–H and O–H groups in total. The average Bonchev–Trinajstić information content (AvgIpc) is 3.21. The van der Waals surface area contributed by atoms with Gasteiger partial charge in [0.15, 0.2) is 12.4 Å². The normalized spacial score (nSPS) is 15.2. The molecule has 0 bridgehead atoms. The van der Waals surface area contributed by atoms with Crippen LogP contribution in [0.2, 0.25) is 0 Å². The summed E-state index contributed by atoms with van der Waals surface area (Å²) in [6.07, 6.45) is 1.19. The van der Waals surface area contributed by atoms with Gasteiger partial charge in [-0.05, 0) is 31.8 Å². The number of piperidine rings is 1. The number of carbonyl (C=O) groups excluding carboxylic acids is 2. The Morgan fingerprint density at radius 3 is 2.48 bits per heavy atom. The van der Waals surface area contributed by atoms with Gasteiger partial charge >= 0.3 is 0 Å². The van der Waals surface area contributed by atoms with E-state index in [1.54, 1.807) is 30.9 Å². The molecule has 0 aromatic carbocycles. The summed E-state index contributed by atoms with van der Waals surface area (Å²) >= 11 is 0. The van der Waals surface area contributed by atoms with E-state index in [4.69, 9.17) is 13.8 Å². The van der Waals surface area contributed by atoms with Crippen molar-refractivity contribution in [1.82, 2.24) is 15.2 Å². The summed E-state index contributed by atoms with van der Waals surface area (Å²) in [6.45, 7) is 4.43. The van der Waals surface area contributed by atoms with Crippen molar-refractivity contribution in [1.29, 1.82) is 0 Å². The van der Waals surface area contributed by atoms with Gasteiger partial charge in [-0.1, -0.05) is 5.16 Å². The minimum Gasteiger partial charge on any atom is -0.465 e. The Morgan fingerprint density at radius 1 is 1.20 bits per heavy atom. The molecule has 0 atom stereocenters. The van der Waals surface area contributed by atoms with E-state index >= 15 is 0 Å². The Hall–Kier alpha value is -2.84. The molecule has 0 spiro atoms. The number of hydrogen-bond acceptors (Lipinski definition) is 7. The number of aromatic nitrogens is 2. The van der Waals surface area contributed by atoms with Crippen molar-refractivity contribution in [2.24, 2.45) is 5.92 Å². The molecule has 2 aromatic heterocycles. The molecule has 3 rings (SSSR count). The SMILES string of the molecule is Cc1cc(NC(=O)C2CCN(C(=O)COc3cc(C)on3)CC2)no1. The lowest BCUT2D eigenvalue weighted by Crippen LogP contribution is -2.43. The molecular formula is C16H20N4O5. The highest BCUT2D eigenvalue weighted by Gasteiger charge is 2.28. The number of hydrogen-bond donors (Lipinski definition) is 1. The second-order valence-corrected chi connectivity index (χ2v) is 6.03. The van der Waals surface area contributed by atoms with E-state index in [1.807, 2.05) is 0 Å². The fourth-order valence-electron chi connectivity index (χ4n) is 2.68. The maximum Gasteiger partial charge on any atom is 0.260 e. The van der Waals surface area contributed by atoms with E-state index in [2.05, 4.69) is 15.6 Å². The van der Waals surface area contributed by atoms with E-state index in [-0.39, 0.29) is 24.3 Å². The molecule has 1 saturated heterocycles. The first-order valence-electron chi connectivity index (χ1n) is 8.09. The minimum absolute atomic E-state index is 0.0962. The predicted molar refractivity (Wildman–Crippen MR) is 85.9 cm³/mol. The fraction of sp³-hybridized carbons (Fsp3) is 0.500. The molecule has 1 fully saturated rings. The number of anilines is 1. The molecule has 1 aliphatic rings. The van der Waals surface area contributed by atoms with Crippen LogP contribution < -0.4 is 10.1 Å². The van der Waals surface area contributed by atoms with Crippen molar-refractivity contribution in [3.05, 3.63) is 23.7 Å². The zero-order chi connectivity index (χ0) is 17.8. The highest BCUT2D eigenvalue weighted by Crippen LogP contribution is 2.20. The van der Waals surface area contributed by atoms with E-state index in [9.17, 15) is 9.59 Å². The Labute approximate surface area is 144 Å². The summed E-state index contributed by atoms with van der Waals surface area (Å²) in [4.78, 5) is 26.1. The van der Waals surface area contributed by atoms with Gasteiger partial charge in [0, 0.05) is 31.1 Å². The van der Waals surface area contributed by atoms with Crippen LogP contribution in [0.1, 0.15) is 24.4 Å². The first-order valence-corrected chi connectivity index (χ1v) is 8.09. The van der Waals surface area contributed by atoms with Gasteiger partial charge in [-0.25, -0.2) is 0 Å². The maximum atomic E-state index is 12.2. The van der Waals surface area contributed by atoms with Crippen LogP contribution >= 0.6 is 0 Å². The van der Waals surface area contributed by atoms with Crippen molar-refractivity contribution >= 4 is 17.6 Å². The third-order valence-electron chi connectivity index (χ3n) is 4.05. The number of ether oxygens (including phenoxy) is 1. The van der Waals surface area contributed by atoms with Crippen LogP contribution in [0.5, 0.6) is 5.88 Å². The number of likely N-dealkylation sites (tertiary alicyclic amines) is 1. The Kier molecular flexibility index (Phi) is 5.01. The Morgan fingerprint density at radius 2 is 1.88 bits per heavy atom. The van der Waals surface area contributed by atoms with Gasteiger partial charge in [-0.2, -0.15) is 0 Å². The standard InChI is InChI=1S/C16H20N4O5/c1-10-7-13(18-24-10)17-16(22)12-3-5-20(6-4-12)15(21)9-23-14-8-11(2)25-19-14/h7-8,12H,3-6,9H2,1-2H3,(H,17,18,22). The zero-order valence-electron chi connectivity index (χ0n) is 14.2. The first kappa shape index (κ1) is 17.0. The lowest BCUT2D eigenvalue weighted by atomic mass is 9.96. The zero-order valence-corrected chi connectivity index (χ0v) is 14.2. The first-order chi connectivity index (χ1) is 12.0. The van der Waals surface area contributed by atoms with Gasteiger partial charge in [-0.3, -0.25) is 9.59 Å². The molecule has 25 heavy (non-hydrogen) atoms. The van der Waals surface area contributed by atoms with Crippen LogP contribution in [0.3, 0.4) is 0 Å². The Balaban J connectivity index is 1.43.